The zero-order chi connectivity index (χ0) is 20.0. The average Bonchev–Trinajstić information content (AvgIpc) is 2.69. The summed E-state index contributed by atoms with van der Waals surface area (Å²) in [5, 5.41) is 30.1. The van der Waals surface area contributed by atoms with Crippen LogP contribution < -0.4 is 14.2 Å². The molecule has 0 radical (unpaired) electrons. The van der Waals surface area contributed by atoms with Crippen LogP contribution in [0.15, 0.2) is 30.3 Å². The number of benzene rings is 2. The third-order valence-electron chi connectivity index (χ3n) is 4.37. The Balaban J connectivity index is 2.54. The number of aliphatic hydroxyl groups is 1. The van der Waals surface area contributed by atoms with Crippen molar-refractivity contribution in [3.63, 3.8) is 0 Å². The second-order valence-electron chi connectivity index (χ2n) is 5.87. The van der Waals surface area contributed by atoms with Crippen LogP contribution in [-0.4, -0.2) is 49.9 Å². The molecule has 7 heteroatoms. The number of hydrogen-bond acceptors (Lipinski definition) is 7. The van der Waals surface area contributed by atoms with Gasteiger partial charge in [0.15, 0.2) is 23.0 Å². The molecule has 0 fully saturated rings. The van der Waals surface area contributed by atoms with E-state index in [9.17, 15) is 15.3 Å². The lowest BCUT2D eigenvalue weighted by atomic mass is 9.89. The van der Waals surface area contributed by atoms with E-state index in [4.69, 9.17) is 18.9 Å². The van der Waals surface area contributed by atoms with Crippen LogP contribution in [0.2, 0.25) is 0 Å². The van der Waals surface area contributed by atoms with Crippen molar-refractivity contribution in [2.75, 3.05) is 34.5 Å². The fourth-order valence-corrected chi connectivity index (χ4v) is 3.00. The van der Waals surface area contributed by atoms with Crippen LogP contribution >= 0.6 is 0 Å². The second kappa shape index (κ2) is 9.34. The van der Waals surface area contributed by atoms with Gasteiger partial charge in [-0.05, 0) is 42.3 Å². The van der Waals surface area contributed by atoms with E-state index in [0.29, 0.717) is 17.9 Å². The standard InChI is InChI=1S/C20H26O7/c1-5-27-20(12-6-7-15(22)16(8-12)24-2)14(11-21)13-9-17(25-3)19(23)18(10-13)26-4/h6-10,14,20-23H,5,11H2,1-4H3. The third-order valence-corrected chi connectivity index (χ3v) is 4.37. The maximum atomic E-state index is 10.1. The number of methoxy groups -OCH3 is 3. The van der Waals surface area contributed by atoms with Gasteiger partial charge in [-0.15, -0.1) is 0 Å². The minimum atomic E-state index is -0.520. The number of phenolic OH excluding ortho intramolecular Hbond substituents is 2. The molecule has 0 saturated carbocycles. The summed E-state index contributed by atoms with van der Waals surface area (Å²) in [5.74, 6) is 0.227. The Morgan fingerprint density at radius 3 is 1.89 bits per heavy atom. The fraction of sp³-hybridized carbons (Fsp3) is 0.400. The molecule has 0 aliphatic heterocycles. The minimum absolute atomic E-state index is 0.0185. The first-order valence-corrected chi connectivity index (χ1v) is 8.54. The third kappa shape index (κ3) is 4.37. The van der Waals surface area contributed by atoms with Crippen LogP contribution in [0.4, 0.5) is 0 Å². The largest absolute Gasteiger partial charge is 0.504 e. The van der Waals surface area contributed by atoms with Crippen molar-refractivity contribution < 1.29 is 34.3 Å². The van der Waals surface area contributed by atoms with Crippen molar-refractivity contribution in [1.82, 2.24) is 0 Å². The van der Waals surface area contributed by atoms with Crippen molar-refractivity contribution in [2.24, 2.45) is 0 Å². The van der Waals surface area contributed by atoms with E-state index in [1.165, 1.54) is 27.4 Å². The predicted molar refractivity (Wildman–Crippen MR) is 100 cm³/mol. The topological polar surface area (TPSA) is 97.6 Å². The molecule has 0 bridgehead atoms. The molecule has 7 nitrogen and oxygen atoms in total. The van der Waals surface area contributed by atoms with Gasteiger partial charge in [0.05, 0.1) is 34.0 Å². The molecule has 0 aliphatic rings. The number of rotatable bonds is 9. The Bertz CT molecular complexity index is 735. The Labute approximate surface area is 158 Å². The first kappa shape index (κ1) is 20.7. The summed E-state index contributed by atoms with van der Waals surface area (Å²) in [6.07, 6.45) is -0.520. The van der Waals surface area contributed by atoms with Gasteiger partial charge in [-0.1, -0.05) is 6.07 Å². The fourth-order valence-electron chi connectivity index (χ4n) is 3.00. The molecule has 0 amide bonds. The Hall–Kier alpha value is -2.64. The Morgan fingerprint density at radius 1 is 0.852 bits per heavy atom. The summed E-state index contributed by atoms with van der Waals surface area (Å²) < 4.78 is 21.5. The molecule has 2 atom stereocenters. The smallest absolute Gasteiger partial charge is 0.200 e. The first-order chi connectivity index (χ1) is 13.0. The zero-order valence-corrected chi connectivity index (χ0v) is 15.9. The van der Waals surface area contributed by atoms with Crippen LogP contribution in [0.1, 0.15) is 30.1 Å². The second-order valence-corrected chi connectivity index (χ2v) is 5.87. The zero-order valence-electron chi connectivity index (χ0n) is 15.9. The summed E-state index contributed by atoms with van der Waals surface area (Å²) in [4.78, 5) is 0. The molecule has 148 valence electrons. The van der Waals surface area contributed by atoms with Crippen molar-refractivity contribution in [3.05, 3.63) is 41.5 Å². The molecule has 0 aliphatic carbocycles. The first-order valence-electron chi connectivity index (χ1n) is 8.54. The van der Waals surface area contributed by atoms with E-state index in [2.05, 4.69) is 0 Å². The van der Waals surface area contributed by atoms with Gasteiger partial charge in [0.2, 0.25) is 5.75 Å². The normalized spacial score (nSPS) is 13.1. The number of phenols is 2. The quantitative estimate of drug-likeness (QED) is 0.617. The highest BCUT2D eigenvalue weighted by Gasteiger charge is 2.28. The van der Waals surface area contributed by atoms with E-state index < -0.39 is 12.0 Å². The van der Waals surface area contributed by atoms with E-state index in [1.54, 1.807) is 24.3 Å². The van der Waals surface area contributed by atoms with Gasteiger partial charge in [0.25, 0.3) is 0 Å². The van der Waals surface area contributed by atoms with Gasteiger partial charge in [-0.3, -0.25) is 0 Å². The molecule has 2 aromatic rings. The highest BCUT2D eigenvalue weighted by atomic mass is 16.5. The molecule has 2 rings (SSSR count). The molecule has 0 saturated heterocycles. The van der Waals surface area contributed by atoms with Gasteiger partial charge in [-0.25, -0.2) is 0 Å². The van der Waals surface area contributed by atoms with Crippen LogP contribution in [0, 0.1) is 0 Å². The van der Waals surface area contributed by atoms with E-state index >= 15 is 0 Å². The van der Waals surface area contributed by atoms with Crippen molar-refractivity contribution in [2.45, 2.75) is 18.9 Å². The van der Waals surface area contributed by atoms with Crippen LogP contribution in [0.25, 0.3) is 0 Å². The molecular formula is C20H26O7. The van der Waals surface area contributed by atoms with Gasteiger partial charge < -0.3 is 34.3 Å². The van der Waals surface area contributed by atoms with Crippen molar-refractivity contribution in [3.8, 4) is 28.7 Å². The van der Waals surface area contributed by atoms with Crippen LogP contribution in [-0.2, 0) is 4.74 Å². The lowest BCUT2D eigenvalue weighted by Crippen LogP contribution is -2.18. The summed E-state index contributed by atoms with van der Waals surface area (Å²) >= 11 is 0. The monoisotopic (exact) mass is 378 g/mol. The molecule has 0 aromatic heterocycles. The van der Waals surface area contributed by atoms with Crippen LogP contribution in [0.5, 0.6) is 28.7 Å². The number of ether oxygens (including phenoxy) is 4. The number of hydrogen-bond donors (Lipinski definition) is 3. The Morgan fingerprint density at radius 2 is 1.41 bits per heavy atom. The summed E-state index contributed by atoms with van der Waals surface area (Å²) in [7, 11) is 4.35. The van der Waals surface area contributed by atoms with E-state index in [1.807, 2.05) is 6.92 Å². The summed E-state index contributed by atoms with van der Waals surface area (Å²) in [6.45, 7) is 2.05. The number of aromatic hydroxyl groups is 2. The molecule has 0 spiro atoms. The van der Waals surface area contributed by atoms with Crippen molar-refractivity contribution in [1.29, 1.82) is 0 Å². The highest BCUT2D eigenvalue weighted by Crippen LogP contribution is 2.43. The molecule has 3 N–H and O–H groups in total. The SMILES string of the molecule is CCOC(c1ccc(O)c(OC)c1)C(CO)c1cc(OC)c(O)c(OC)c1. The van der Waals surface area contributed by atoms with Gasteiger partial charge in [0, 0.05) is 12.5 Å². The Kier molecular flexibility index (Phi) is 7.15. The lowest BCUT2D eigenvalue weighted by molar-refractivity contribution is 0.0252. The minimum Gasteiger partial charge on any atom is -0.504 e. The maximum absolute atomic E-state index is 10.1. The molecule has 2 aromatic carbocycles. The van der Waals surface area contributed by atoms with Crippen molar-refractivity contribution >= 4 is 0 Å². The lowest BCUT2D eigenvalue weighted by Gasteiger charge is -2.27. The van der Waals surface area contributed by atoms with E-state index in [0.717, 1.165) is 5.56 Å². The summed E-state index contributed by atoms with van der Waals surface area (Å²) in [5.41, 5.74) is 1.41. The van der Waals surface area contributed by atoms with E-state index in [-0.39, 0.29) is 29.6 Å². The average molecular weight is 378 g/mol. The molecule has 0 heterocycles. The van der Waals surface area contributed by atoms with Crippen LogP contribution in [0.3, 0.4) is 0 Å². The molecule has 27 heavy (non-hydrogen) atoms. The maximum Gasteiger partial charge on any atom is 0.200 e. The molecule has 2 unspecified atom stereocenters. The predicted octanol–water partition coefficient (Wildman–Crippen LogP) is 2.98. The van der Waals surface area contributed by atoms with Gasteiger partial charge >= 0.3 is 0 Å². The molecular weight excluding hydrogens is 352 g/mol. The highest BCUT2D eigenvalue weighted by molar-refractivity contribution is 5.54. The summed E-state index contributed by atoms with van der Waals surface area (Å²) in [6, 6.07) is 8.19. The number of aliphatic hydroxyl groups excluding tert-OH is 1. The van der Waals surface area contributed by atoms with Gasteiger partial charge in [-0.2, -0.15) is 0 Å². The van der Waals surface area contributed by atoms with Gasteiger partial charge in [0.1, 0.15) is 0 Å².